The van der Waals surface area contributed by atoms with E-state index in [1.807, 2.05) is 19.9 Å². The lowest BCUT2D eigenvalue weighted by Gasteiger charge is -2.21. The molecule has 8 heteroatoms. The maximum Gasteiger partial charge on any atom is 0.334 e. The number of ether oxygens (including phenoxy) is 2. The van der Waals surface area contributed by atoms with Crippen molar-refractivity contribution in [3.8, 4) is 22.8 Å². The third kappa shape index (κ3) is 3.96. The molecule has 0 saturated carbocycles. The molecule has 0 fully saturated rings. The summed E-state index contributed by atoms with van der Waals surface area (Å²) in [6, 6.07) is 15.3. The Morgan fingerprint density at radius 2 is 1.54 bits per heavy atom. The van der Waals surface area contributed by atoms with E-state index in [4.69, 9.17) is 13.9 Å². The minimum atomic E-state index is -1.29. The van der Waals surface area contributed by atoms with Crippen molar-refractivity contribution in [2.24, 2.45) is 0 Å². The van der Waals surface area contributed by atoms with Crippen LogP contribution in [0.2, 0.25) is 0 Å². The number of rotatable bonds is 5. The number of carbonyl (C=O) groups is 3. The Morgan fingerprint density at radius 3 is 2.14 bits per heavy atom. The molecule has 1 unspecified atom stereocenters. The van der Waals surface area contributed by atoms with Crippen molar-refractivity contribution in [1.29, 1.82) is 0 Å². The number of hydrogen-bond acceptors (Lipinski definition) is 7. The van der Waals surface area contributed by atoms with E-state index in [1.165, 1.54) is 26.2 Å². The molecule has 1 atom stereocenters. The van der Waals surface area contributed by atoms with Gasteiger partial charge < -0.3 is 13.9 Å². The average Bonchev–Trinajstić information content (AvgIpc) is 3.15. The molecule has 5 rings (SSSR count). The summed E-state index contributed by atoms with van der Waals surface area (Å²) in [6.07, 6.45) is 0. The molecule has 8 nitrogen and oxygen atoms in total. The number of imide groups is 1. The number of amides is 2. The van der Waals surface area contributed by atoms with Gasteiger partial charge in [0, 0.05) is 5.56 Å². The standard InChI is InChI=1S/C29H23NO7/c1-15-13-16(2)24-22(14-15)23(31)26(25(36-24)18-9-11-19(35-4)12-10-18)37-29(34)17(3)30-27(32)20-7-5-6-8-21(20)28(30)33/h5-14,17H,1-4H3. The zero-order chi connectivity index (χ0) is 26.4. The molecule has 4 aromatic rings. The van der Waals surface area contributed by atoms with Crippen molar-refractivity contribution >= 4 is 28.8 Å². The van der Waals surface area contributed by atoms with Crippen LogP contribution in [0.4, 0.5) is 0 Å². The highest BCUT2D eigenvalue weighted by molar-refractivity contribution is 6.22. The van der Waals surface area contributed by atoms with Crippen LogP contribution < -0.4 is 14.9 Å². The zero-order valence-corrected chi connectivity index (χ0v) is 20.7. The molecule has 0 aliphatic carbocycles. The summed E-state index contributed by atoms with van der Waals surface area (Å²) in [5.74, 6) is -1.82. The van der Waals surface area contributed by atoms with Crippen LogP contribution in [0.15, 0.2) is 69.9 Å². The summed E-state index contributed by atoms with van der Waals surface area (Å²) in [6.45, 7) is 5.05. The highest BCUT2D eigenvalue weighted by Crippen LogP contribution is 2.34. The molecule has 1 aliphatic heterocycles. The molecule has 1 aliphatic rings. The summed E-state index contributed by atoms with van der Waals surface area (Å²) in [7, 11) is 1.53. The van der Waals surface area contributed by atoms with Crippen molar-refractivity contribution in [3.63, 3.8) is 0 Å². The number of fused-ring (bicyclic) bond motifs is 2. The van der Waals surface area contributed by atoms with Crippen molar-refractivity contribution in [2.45, 2.75) is 26.8 Å². The summed E-state index contributed by atoms with van der Waals surface area (Å²) >= 11 is 0. The predicted molar refractivity (Wildman–Crippen MR) is 136 cm³/mol. The van der Waals surface area contributed by atoms with E-state index in [1.54, 1.807) is 42.5 Å². The van der Waals surface area contributed by atoms with Crippen molar-refractivity contribution < 1.29 is 28.3 Å². The van der Waals surface area contributed by atoms with Gasteiger partial charge in [-0.1, -0.05) is 18.2 Å². The lowest BCUT2D eigenvalue weighted by Crippen LogP contribution is -2.45. The number of carbonyl (C=O) groups excluding carboxylic acids is 3. The van der Waals surface area contributed by atoms with E-state index < -0.39 is 29.3 Å². The highest BCUT2D eigenvalue weighted by atomic mass is 16.5. The fourth-order valence-electron chi connectivity index (χ4n) is 4.51. The Hall–Kier alpha value is -4.72. The molecule has 0 radical (unpaired) electrons. The first-order chi connectivity index (χ1) is 17.7. The fraction of sp³-hybridized carbons (Fsp3) is 0.172. The molecule has 186 valence electrons. The molecule has 0 bridgehead atoms. The van der Waals surface area contributed by atoms with Gasteiger partial charge in [-0.15, -0.1) is 0 Å². The first-order valence-corrected chi connectivity index (χ1v) is 11.6. The molecular weight excluding hydrogens is 474 g/mol. The van der Waals surface area contributed by atoms with Gasteiger partial charge in [-0.2, -0.15) is 0 Å². The Kier molecular flexibility index (Phi) is 5.87. The van der Waals surface area contributed by atoms with Crippen molar-refractivity contribution in [3.05, 3.63) is 93.1 Å². The van der Waals surface area contributed by atoms with Crippen LogP contribution in [0.3, 0.4) is 0 Å². The second-order valence-electron chi connectivity index (χ2n) is 8.90. The van der Waals surface area contributed by atoms with E-state index in [2.05, 4.69) is 0 Å². The van der Waals surface area contributed by atoms with Gasteiger partial charge in [0.05, 0.1) is 23.6 Å². The summed E-state index contributed by atoms with van der Waals surface area (Å²) < 4.78 is 17.0. The van der Waals surface area contributed by atoms with Crippen molar-refractivity contribution in [2.75, 3.05) is 7.11 Å². The van der Waals surface area contributed by atoms with E-state index >= 15 is 0 Å². The Labute approximate surface area is 212 Å². The molecule has 2 amide bonds. The molecular formula is C29H23NO7. The van der Waals surface area contributed by atoms with Gasteiger partial charge in [0.15, 0.2) is 5.76 Å². The maximum absolute atomic E-state index is 13.6. The van der Waals surface area contributed by atoms with E-state index in [9.17, 15) is 19.2 Å². The second kappa shape index (κ2) is 9.05. The molecule has 3 aromatic carbocycles. The molecule has 0 saturated heterocycles. The Morgan fingerprint density at radius 1 is 0.919 bits per heavy atom. The first kappa shape index (κ1) is 24.0. The van der Waals surface area contributed by atoms with E-state index in [0.717, 1.165) is 16.0 Å². The number of methoxy groups -OCH3 is 1. The van der Waals surface area contributed by atoms with Crippen LogP contribution in [-0.2, 0) is 4.79 Å². The molecule has 1 aromatic heterocycles. The first-order valence-electron chi connectivity index (χ1n) is 11.6. The molecule has 0 spiro atoms. The van der Waals surface area contributed by atoms with Crippen LogP contribution in [0.25, 0.3) is 22.3 Å². The quantitative estimate of drug-likeness (QED) is 0.291. The fourth-order valence-corrected chi connectivity index (χ4v) is 4.51. The van der Waals surface area contributed by atoms with E-state index in [-0.39, 0.29) is 28.0 Å². The van der Waals surface area contributed by atoms with Crippen LogP contribution in [-0.4, -0.2) is 35.8 Å². The third-order valence-corrected chi connectivity index (χ3v) is 6.39. The van der Waals surface area contributed by atoms with E-state index in [0.29, 0.717) is 16.9 Å². The third-order valence-electron chi connectivity index (χ3n) is 6.39. The number of esters is 1. The second-order valence-corrected chi connectivity index (χ2v) is 8.90. The van der Waals surface area contributed by atoms with Gasteiger partial charge in [0.1, 0.15) is 17.4 Å². The van der Waals surface area contributed by atoms with Crippen LogP contribution in [0, 0.1) is 13.8 Å². The number of hydrogen-bond donors (Lipinski definition) is 0. The average molecular weight is 498 g/mol. The summed E-state index contributed by atoms with van der Waals surface area (Å²) in [5, 5.41) is 0.256. The SMILES string of the molecule is COc1ccc(-c2oc3c(C)cc(C)cc3c(=O)c2OC(=O)C(C)N2C(=O)c3ccccc3C2=O)cc1. The van der Waals surface area contributed by atoms with Crippen LogP contribution in [0.5, 0.6) is 11.5 Å². The number of benzene rings is 3. The largest absolute Gasteiger partial charge is 0.497 e. The monoisotopic (exact) mass is 497 g/mol. The van der Waals surface area contributed by atoms with Crippen molar-refractivity contribution in [1.82, 2.24) is 4.90 Å². The number of aryl methyl sites for hydroxylation is 2. The van der Waals surface area contributed by atoms with Gasteiger partial charge in [-0.05, 0) is 74.4 Å². The predicted octanol–water partition coefficient (Wildman–Crippen LogP) is 4.68. The van der Waals surface area contributed by atoms with Gasteiger partial charge in [-0.3, -0.25) is 19.3 Å². The lowest BCUT2D eigenvalue weighted by atomic mass is 10.1. The normalized spacial score (nSPS) is 13.6. The molecule has 37 heavy (non-hydrogen) atoms. The summed E-state index contributed by atoms with van der Waals surface area (Å²) in [5.41, 5.74) is 2.32. The topological polar surface area (TPSA) is 103 Å². The Bertz CT molecular complexity index is 1610. The number of nitrogens with zero attached hydrogens (tertiary/aromatic N) is 1. The minimum absolute atomic E-state index is 0.0509. The molecule has 0 N–H and O–H groups in total. The smallest absolute Gasteiger partial charge is 0.334 e. The van der Waals surface area contributed by atoms with Gasteiger partial charge >= 0.3 is 5.97 Å². The van der Waals surface area contributed by atoms with Gasteiger partial charge in [0.25, 0.3) is 11.8 Å². The Balaban J connectivity index is 1.59. The van der Waals surface area contributed by atoms with Gasteiger partial charge in [0.2, 0.25) is 11.2 Å². The van der Waals surface area contributed by atoms with Crippen LogP contribution in [0.1, 0.15) is 38.8 Å². The van der Waals surface area contributed by atoms with Gasteiger partial charge in [-0.25, -0.2) is 4.79 Å². The highest BCUT2D eigenvalue weighted by Gasteiger charge is 2.41. The molecule has 2 heterocycles. The van der Waals surface area contributed by atoms with Crippen LogP contribution >= 0.6 is 0 Å². The minimum Gasteiger partial charge on any atom is -0.497 e. The summed E-state index contributed by atoms with van der Waals surface area (Å²) in [4.78, 5) is 53.5. The lowest BCUT2D eigenvalue weighted by molar-refractivity contribution is -0.138. The zero-order valence-electron chi connectivity index (χ0n) is 20.7. The maximum atomic E-state index is 13.6.